The van der Waals surface area contributed by atoms with Crippen molar-refractivity contribution in [3.8, 4) is 0 Å². The number of hydrogen-bond acceptors (Lipinski definition) is 4. The van der Waals surface area contributed by atoms with Crippen molar-refractivity contribution in [3.63, 3.8) is 0 Å². The molecule has 4 nitrogen and oxygen atoms in total. The second kappa shape index (κ2) is 6.54. The molecule has 0 aliphatic heterocycles. The third-order valence-electron chi connectivity index (χ3n) is 4.15. The lowest BCUT2D eigenvalue weighted by atomic mass is 9.96. The molecule has 0 saturated carbocycles. The Morgan fingerprint density at radius 2 is 0.875 bits per heavy atom. The van der Waals surface area contributed by atoms with Crippen LogP contribution in [0.5, 0.6) is 0 Å². The Bertz CT molecular complexity index is 768. The number of nitrogen functional groups attached to an aromatic ring is 4. The van der Waals surface area contributed by atoms with Crippen LogP contribution in [0.2, 0.25) is 0 Å². The fraction of sp³-hybridized carbons (Fsp3) is 0.100. The molecule has 0 heterocycles. The predicted octanol–water partition coefficient (Wildman–Crippen LogP) is 3.20. The number of hydrogen-bond donors (Lipinski definition) is 4. The average Bonchev–Trinajstić information content (AvgIpc) is 2.56. The highest BCUT2D eigenvalue weighted by Gasteiger charge is 2.08. The maximum atomic E-state index is 6.16. The first-order valence-corrected chi connectivity index (χ1v) is 7.87. The van der Waals surface area contributed by atoms with Gasteiger partial charge in [-0.2, -0.15) is 0 Å². The summed E-state index contributed by atoms with van der Waals surface area (Å²) in [6, 6.07) is 19.6. The van der Waals surface area contributed by atoms with Gasteiger partial charge in [0, 0.05) is 22.7 Å². The lowest BCUT2D eigenvalue weighted by Gasteiger charge is -2.13. The lowest BCUT2D eigenvalue weighted by Crippen LogP contribution is -2.03. The lowest BCUT2D eigenvalue weighted by molar-refractivity contribution is 1.15. The van der Waals surface area contributed by atoms with Crippen LogP contribution in [-0.2, 0) is 12.8 Å². The molecule has 0 radical (unpaired) electrons. The molecule has 122 valence electrons. The summed E-state index contributed by atoms with van der Waals surface area (Å²) < 4.78 is 0. The molecule has 3 aromatic carbocycles. The van der Waals surface area contributed by atoms with Gasteiger partial charge in [-0.1, -0.05) is 30.3 Å². The zero-order valence-electron chi connectivity index (χ0n) is 13.5. The van der Waals surface area contributed by atoms with E-state index in [1.807, 2.05) is 54.6 Å². The van der Waals surface area contributed by atoms with E-state index in [0.29, 0.717) is 11.4 Å². The average molecular weight is 318 g/mol. The van der Waals surface area contributed by atoms with Crippen LogP contribution in [0, 0.1) is 0 Å². The molecule has 0 aliphatic carbocycles. The maximum absolute atomic E-state index is 6.16. The predicted molar refractivity (Wildman–Crippen MR) is 103 cm³/mol. The molecule has 4 heteroatoms. The van der Waals surface area contributed by atoms with E-state index in [4.69, 9.17) is 22.9 Å². The van der Waals surface area contributed by atoms with E-state index in [-0.39, 0.29) is 0 Å². The second-order valence-electron chi connectivity index (χ2n) is 6.09. The summed E-state index contributed by atoms with van der Waals surface area (Å²) in [7, 11) is 0. The smallest absolute Gasteiger partial charge is 0.0370 e. The Balaban J connectivity index is 1.87. The van der Waals surface area contributed by atoms with Crippen molar-refractivity contribution >= 4 is 22.7 Å². The van der Waals surface area contributed by atoms with Gasteiger partial charge in [-0.15, -0.1) is 0 Å². The van der Waals surface area contributed by atoms with E-state index in [0.717, 1.165) is 35.3 Å². The van der Waals surface area contributed by atoms with Crippen molar-refractivity contribution in [2.75, 3.05) is 22.9 Å². The highest BCUT2D eigenvalue weighted by Crippen LogP contribution is 2.26. The summed E-state index contributed by atoms with van der Waals surface area (Å²) in [5.74, 6) is 0. The zero-order chi connectivity index (χ0) is 17.1. The van der Waals surface area contributed by atoms with E-state index in [9.17, 15) is 0 Å². The van der Waals surface area contributed by atoms with E-state index in [2.05, 4.69) is 6.07 Å². The number of nitrogens with two attached hydrogens (primary N) is 4. The first kappa shape index (κ1) is 15.7. The molecular weight excluding hydrogens is 296 g/mol. The molecule has 0 fully saturated rings. The number of benzene rings is 3. The molecule has 3 aromatic rings. The summed E-state index contributed by atoms with van der Waals surface area (Å²) in [6.45, 7) is 0. The van der Waals surface area contributed by atoms with Gasteiger partial charge in [0.15, 0.2) is 0 Å². The molecule has 0 spiro atoms. The Kier molecular flexibility index (Phi) is 4.29. The minimum absolute atomic E-state index is 0.713. The molecule has 0 bridgehead atoms. The molecule has 0 aromatic heterocycles. The summed E-state index contributed by atoms with van der Waals surface area (Å²) in [4.78, 5) is 0. The molecule has 0 saturated heterocycles. The van der Waals surface area contributed by atoms with E-state index >= 15 is 0 Å². The van der Waals surface area contributed by atoms with Gasteiger partial charge in [-0.05, 0) is 65.4 Å². The SMILES string of the molecule is Nc1ccc(Cc2cc(Cc3ccc(N)cc3)c(N)cc2N)cc1. The van der Waals surface area contributed by atoms with Gasteiger partial charge in [-0.25, -0.2) is 0 Å². The second-order valence-corrected chi connectivity index (χ2v) is 6.09. The van der Waals surface area contributed by atoms with Crippen molar-refractivity contribution in [1.29, 1.82) is 0 Å². The highest BCUT2D eigenvalue weighted by atomic mass is 14.6. The van der Waals surface area contributed by atoms with Gasteiger partial charge in [0.2, 0.25) is 0 Å². The molecule has 0 unspecified atom stereocenters. The summed E-state index contributed by atoms with van der Waals surface area (Å²) in [6.07, 6.45) is 1.50. The fourth-order valence-electron chi connectivity index (χ4n) is 2.75. The molecule has 0 aliphatic rings. The van der Waals surface area contributed by atoms with Crippen LogP contribution in [0.15, 0.2) is 60.7 Å². The third kappa shape index (κ3) is 3.60. The van der Waals surface area contributed by atoms with E-state index in [1.165, 1.54) is 11.1 Å². The van der Waals surface area contributed by atoms with Crippen molar-refractivity contribution in [2.24, 2.45) is 0 Å². The molecule has 8 N–H and O–H groups in total. The topological polar surface area (TPSA) is 104 Å². The van der Waals surface area contributed by atoms with Crippen LogP contribution in [0.3, 0.4) is 0 Å². The molecule has 0 amide bonds. The van der Waals surface area contributed by atoms with Crippen LogP contribution >= 0.6 is 0 Å². The van der Waals surface area contributed by atoms with Crippen LogP contribution in [0.4, 0.5) is 22.7 Å². The summed E-state index contributed by atoms with van der Waals surface area (Å²) in [5, 5.41) is 0. The van der Waals surface area contributed by atoms with E-state index < -0.39 is 0 Å². The molecule has 0 atom stereocenters. The first-order valence-electron chi connectivity index (χ1n) is 7.87. The first-order chi connectivity index (χ1) is 11.5. The van der Waals surface area contributed by atoms with Crippen LogP contribution in [0.25, 0.3) is 0 Å². The number of rotatable bonds is 4. The van der Waals surface area contributed by atoms with Gasteiger partial charge < -0.3 is 22.9 Å². The monoisotopic (exact) mass is 318 g/mol. The minimum atomic E-state index is 0.713. The molecular formula is C20H22N4. The van der Waals surface area contributed by atoms with Crippen molar-refractivity contribution < 1.29 is 0 Å². The largest absolute Gasteiger partial charge is 0.399 e. The van der Waals surface area contributed by atoms with Crippen molar-refractivity contribution in [3.05, 3.63) is 82.9 Å². The fourth-order valence-corrected chi connectivity index (χ4v) is 2.75. The minimum Gasteiger partial charge on any atom is -0.399 e. The van der Waals surface area contributed by atoms with Crippen LogP contribution < -0.4 is 22.9 Å². The Morgan fingerprint density at radius 3 is 1.25 bits per heavy atom. The van der Waals surface area contributed by atoms with E-state index in [1.54, 1.807) is 0 Å². The highest BCUT2D eigenvalue weighted by molar-refractivity contribution is 5.63. The quantitative estimate of drug-likeness (QED) is 0.554. The zero-order valence-corrected chi connectivity index (χ0v) is 13.5. The van der Waals surface area contributed by atoms with Gasteiger partial charge >= 0.3 is 0 Å². The Labute approximate surface area is 142 Å². The molecule has 3 rings (SSSR count). The standard InChI is InChI=1S/C20H22N4/c21-17-5-1-13(2-6-17)9-15-11-16(20(24)12-19(15)23)10-14-3-7-18(22)8-4-14/h1-8,11-12H,9-10,21-24H2. The van der Waals surface area contributed by atoms with Crippen LogP contribution in [0.1, 0.15) is 22.3 Å². The van der Waals surface area contributed by atoms with Gasteiger partial charge in [0.05, 0.1) is 0 Å². The maximum Gasteiger partial charge on any atom is 0.0370 e. The Morgan fingerprint density at radius 1 is 0.500 bits per heavy atom. The number of anilines is 4. The van der Waals surface area contributed by atoms with Crippen molar-refractivity contribution in [2.45, 2.75) is 12.8 Å². The third-order valence-corrected chi connectivity index (χ3v) is 4.15. The summed E-state index contributed by atoms with van der Waals surface area (Å²) in [5.41, 5.74) is 31.2. The van der Waals surface area contributed by atoms with Crippen molar-refractivity contribution in [1.82, 2.24) is 0 Å². The Hall–Kier alpha value is -3.14. The van der Waals surface area contributed by atoms with Crippen LogP contribution in [-0.4, -0.2) is 0 Å². The summed E-state index contributed by atoms with van der Waals surface area (Å²) >= 11 is 0. The molecule has 24 heavy (non-hydrogen) atoms. The van der Waals surface area contributed by atoms with Gasteiger partial charge in [-0.3, -0.25) is 0 Å². The van der Waals surface area contributed by atoms with Gasteiger partial charge in [0.1, 0.15) is 0 Å². The normalized spacial score (nSPS) is 10.7. The van der Waals surface area contributed by atoms with Gasteiger partial charge in [0.25, 0.3) is 0 Å².